The molecule has 0 bridgehead atoms. The number of amidine groups is 1. The second kappa shape index (κ2) is 3.09. The monoisotopic (exact) mass is 196 g/mol. The highest BCUT2D eigenvalue weighted by molar-refractivity contribution is 5.85. The van der Waals surface area contributed by atoms with Crippen molar-refractivity contribution in [1.29, 1.82) is 5.41 Å². The Morgan fingerprint density at radius 1 is 1.20 bits per heavy atom. The molecular formula is C13H12N2. The summed E-state index contributed by atoms with van der Waals surface area (Å²) in [6.45, 7) is 0. The molecule has 74 valence electrons. The molecule has 0 spiro atoms. The van der Waals surface area contributed by atoms with Crippen LogP contribution >= 0.6 is 0 Å². The lowest BCUT2D eigenvalue weighted by Crippen LogP contribution is -2.35. The van der Waals surface area contributed by atoms with Crippen molar-refractivity contribution in [3.63, 3.8) is 0 Å². The number of hydrogen-bond acceptors (Lipinski definition) is 1. The summed E-state index contributed by atoms with van der Waals surface area (Å²) in [6.07, 6.45) is 8.91. The van der Waals surface area contributed by atoms with Crippen LogP contribution in [0.15, 0.2) is 48.7 Å². The van der Waals surface area contributed by atoms with Crippen molar-refractivity contribution in [2.45, 2.75) is 12.5 Å². The van der Waals surface area contributed by atoms with E-state index in [1.165, 1.54) is 11.1 Å². The summed E-state index contributed by atoms with van der Waals surface area (Å²) in [5.41, 5.74) is 2.61. The molecule has 1 aromatic carbocycles. The van der Waals surface area contributed by atoms with Crippen LogP contribution in [0.4, 0.5) is 0 Å². The fourth-order valence-electron chi connectivity index (χ4n) is 2.26. The number of nitrogens with one attached hydrogen (secondary N) is 1. The maximum Gasteiger partial charge on any atom is 0.105 e. The van der Waals surface area contributed by atoms with Gasteiger partial charge in [-0.3, -0.25) is 5.41 Å². The van der Waals surface area contributed by atoms with Gasteiger partial charge in [0.1, 0.15) is 5.84 Å². The second-order valence-electron chi connectivity index (χ2n) is 3.90. The highest BCUT2D eigenvalue weighted by Crippen LogP contribution is 2.33. The fraction of sp³-hybridized carbons (Fsp3) is 0.154. The van der Waals surface area contributed by atoms with Gasteiger partial charge in [0.05, 0.1) is 6.04 Å². The Morgan fingerprint density at radius 2 is 2.07 bits per heavy atom. The third-order valence-electron chi connectivity index (χ3n) is 2.99. The summed E-state index contributed by atoms with van der Waals surface area (Å²) in [5, 5.41) is 7.99. The minimum absolute atomic E-state index is 0.229. The quantitative estimate of drug-likeness (QED) is 0.678. The summed E-state index contributed by atoms with van der Waals surface area (Å²) in [7, 11) is 0. The van der Waals surface area contributed by atoms with Crippen molar-refractivity contribution in [3.8, 4) is 0 Å². The summed E-state index contributed by atoms with van der Waals surface area (Å²) in [5.74, 6) is 0.680. The van der Waals surface area contributed by atoms with Crippen LogP contribution in [-0.4, -0.2) is 10.7 Å². The van der Waals surface area contributed by atoms with E-state index < -0.39 is 0 Å². The number of benzene rings is 1. The Bertz CT molecular complexity index is 471. The molecule has 2 aliphatic rings. The molecule has 1 aromatic rings. The third-order valence-corrected chi connectivity index (χ3v) is 2.99. The van der Waals surface area contributed by atoms with Crippen LogP contribution in [0.3, 0.4) is 0 Å². The third kappa shape index (κ3) is 1.22. The Morgan fingerprint density at radius 3 is 3.00 bits per heavy atom. The first kappa shape index (κ1) is 8.48. The highest BCUT2D eigenvalue weighted by atomic mass is 15.2. The van der Waals surface area contributed by atoms with Crippen LogP contribution in [-0.2, 0) is 6.42 Å². The van der Waals surface area contributed by atoms with Crippen molar-refractivity contribution >= 4 is 5.84 Å². The first-order valence-electron chi connectivity index (χ1n) is 5.15. The first-order valence-corrected chi connectivity index (χ1v) is 5.15. The van der Waals surface area contributed by atoms with E-state index in [2.05, 4.69) is 30.4 Å². The molecule has 0 fully saturated rings. The van der Waals surface area contributed by atoms with Gasteiger partial charge in [0, 0.05) is 12.6 Å². The molecule has 0 aromatic heterocycles. The van der Waals surface area contributed by atoms with Crippen LogP contribution in [0.2, 0.25) is 0 Å². The minimum Gasteiger partial charge on any atom is -0.326 e. The molecule has 1 unspecified atom stereocenters. The molecule has 0 radical (unpaired) electrons. The predicted molar refractivity (Wildman–Crippen MR) is 60.7 cm³/mol. The molecule has 2 heteroatoms. The zero-order valence-corrected chi connectivity index (χ0v) is 8.35. The van der Waals surface area contributed by atoms with E-state index in [1.54, 1.807) is 0 Å². The van der Waals surface area contributed by atoms with E-state index >= 15 is 0 Å². The van der Waals surface area contributed by atoms with Crippen LogP contribution in [0.25, 0.3) is 0 Å². The zero-order valence-electron chi connectivity index (χ0n) is 8.35. The SMILES string of the molecule is N=C1Cc2ccccc2C2C=CC=CN12. The van der Waals surface area contributed by atoms with Gasteiger partial charge in [-0.1, -0.05) is 36.4 Å². The molecule has 0 saturated heterocycles. The maximum atomic E-state index is 7.99. The molecule has 2 heterocycles. The van der Waals surface area contributed by atoms with Gasteiger partial charge in [0.15, 0.2) is 0 Å². The Balaban J connectivity index is 2.15. The number of rotatable bonds is 0. The molecule has 0 aliphatic carbocycles. The van der Waals surface area contributed by atoms with Crippen molar-refractivity contribution in [1.82, 2.24) is 4.90 Å². The lowest BCUT2D eigenvalue weighted by molar-refractivity contribution is 0.452. The number of fused-ring (bicyclic) bond motifs is 3. The molecular weight excluding hydrogens is 184 g/mol. The first-order chi connectivity index (χ1) is 7.36. The lowest BCUT2D eigenvalue weighted by atomic mass is 9.91. The number of hydrogen-bond donors (Lipinski definition) is 1. The molecule has 3 rings (SSSR count). The molecule has 1 atom stereocenters. The summed E-state index contributed by atoms with van der Waals surface area (Å²) in [6, 6.07) is 8.62. The van der Waals surface area contributed by atoms with E-state index in [4.69, 9.17) is 5.41 Å². The molecule has 1 N–H and O–H groups in total. The molecule has 0 saturated carbocycles. The van der Waals surface area contributed by atoms with Crippen molar-refractivity contribution < 1.29 is 0 Å². The van der Waals surface area contributed by atoms with Gasteiger partial charge in [-0.25, -0.2) is 0 Å². The van der Waals surface area contributed by atoms with Crippen LogP contribution < -0.4 is 0 Å². The van der Waals surface area contributed by atoms with Crippen molar-refractivity contribution in [2.75, 3.05) is 0 Å². The predicted octanol–water partition coefficient (Wildman–Crippen LogP) is 2.65. The number of allylic oxidation sites excluding steroid dienone is 2. The average molecular weight is 196 g/mol. The van der Waals surface area contributed by atoms with Crippen molar-refractivity contribution in [2.24, 2.45) is 0 Å². The smallest absolute Gasteiger partial charge is 0.105 e. The van der Waals surface area contributed by atoms with Gasteiger partial charge < -0.3 is 4.90 Å². The molecule has 2 nitrogen and oxygen atoms in total. The standard InChI is InChI=1S/C13H12N2/c14-13-9-10-5-1-2-6-11(10)12-7-3-4-8-15(12)13/h1-8,12,14H,9H2. The largest absolute Gasteiger partial charge is 0.326 e. The zero-order chi connectivity index (χ0) is 10.3. The summed E-state index contributed by atoms with van der Waals surface area (Å²) in [4.78, 5) is 2.03. The van der Waals surface area contributed by atoms with Gasteiger partial charge in [0.25, 0.3) is 0 Å². The minimum atomic E-state index is 0.229. The van der Waals surface area contributed by atoms with Crippen molar-refractivity contribution in [3.05, 3.63) is 59.8 Å². The van der Waals surface area contributed by atoms with Gasteiger partial charge >= 0.3 is 0 Å². The maximum absolute atomic E-state index is 7.99. The van der Waals surface area contributed by atoms with E-state index in [1.807, 2.05) is 23.2 Å². The van der Waals surface area contributed by atoms with E-state index in [0.717, 1.165) is 6.42 Å². The van der Waals surface area contributed by atoms with Crippen LogP contribution in [0.1, 0.15) is 17.2 Å². The lowest BCUT2D eigenvalue weighted by Gasteiger charge is -2.36. The van der Waals surface area contributed by atoms with Gasteiger partial charge in [0.2, 0.25) is 0 Å². The van der Waals surface area contributed by atoms with Gasteiger partial charge in [-0.05, 0) is 17.2 Å². The summed E-state index contributed by atoms with van der Waals surface area (Å²) < 4.78 is 0. The molecule has 0 amide bonds. The van der Waals surface area contributed by atoms with E-state index in [-0.39, 0.29) is 6.04 Å². The van der Waals surface area contributed by atoms with Gasteiger partial charge in [-0.15, -0.1) is 0 Å². The normalized spacial score (nSPS) is 22.5. The van der Waals surface area contributed by atoms with Crippen LogP contribution in [0, 0.1) is 5.41 Å². The molecule has 2 aliphatic heterocycles. The Kier molecular flexibility index (Phi) is 1.75. The average Bonchev–Trinajstić information content (AvgIpc) is 2.30. The Hall–Kier alpha value is -1.83. The highest BCUT2D eigenvalue weighted by Gasteiger charge is 2.27. The fourth-order valence-corrected chi connectivity index (χ4v) is 2.26. The summed E-state index contributed by atoms with van der Waals surface area (Å²) >= 11 is 0. The second-order valence-corrected chi connectivity index (χ2v) is 3.90. The number of nitrogens with zero attached hydrogens (tertiary/aromatic N) is 1. The topological polar surface area (TPSA) is 27.1 Å². The Labute approximate surface area is 89.0 Å². The van der Waals surface area contributed by atoms with E-state index in [9.17, 15) is 0 Å². The van der Waals surface area contributed by atoms with Crippen LogP contribution in [0.5, 0.6) is 0 Å². The molecule has 15 heavy (non-hydrogen) atoms. The van der Waals surface area contributed by atoms with E-state index in [0.29, 0.717) is 5.84 Å². The van der Waals surface area contributed by atoms with Gasteiger partial charge in [-0.2, -0.15) is 0 Å².